The van der Waals surface area contributed by atoms with Crippen molar-refractivity contribution < 1.29 is 5.11 Å². The molecule has 6 heteroatoms. The Bertz CT molecular complexity index is 530. The number of thioether (sulfide) groups is 1. The van der Waals surface area contributed by atoms with Crippen LogP contribution in [-0.4, -0.2) is 36.6 Å². The molecule has 0 aliphatic heterocycles. The van der Waals surface area contributed by atoms with Gasteiger partial charge in [-0.3, -0.25) is 10.1 Å². The van der Waals surface area contributed by atoms with Gasteiger partial charge in [-0.1, -0.05) is 30.7 Å². The van der Waals surface area contributed by atoms with E-state index < -0.39 is 0 Å². The first kappa shape index (κ1) is 12.6. The van der Waals surface area contributed by atoms with Crippen molar-refractivity contribution >= 4 is 11.8 Å². The van der Waals surface area contributed by atoms with Crippen LogP contribution in [0.25, 0.3) is 11.5 Å². The zero-order valence-electron chi connectivity index (χ0n) is 10.5. The fourth-order valence-electron chi connectivity index (χ4n) is 2.27. The van der Waals surface area contributed by atoms with Crippen LogP contribution in [0, 0.1) is 0 Å². The molecule has 5 nitrogen and oxygen atoms in total. The summed E-state index contributed by atoms with van der Waals surface area (Å²) in [6.07, 6.45) is 5.69. The van der Waals surface area contributed by atoms with E-state index in [1.54, 1.807) is 18.0 Å². The average Bonchev–Trinajstić information content (AvgIpc) is 2.91. The van der Waals surface area contributed by atoms with Crippen LogP contribution in [0.4, 0.5) is 0 Å². The molecular weight excluding hydrogens is 260 g/mol. The van der Waals surface area contributed by atoms with Crippen LogP contribution in [0.5, 0.6) is 0 Å². The number of hydrogen-bond donors (Lipinski definition) is 2. The number of aromatic nitrogens is 4. The molecule has 1 fully saturated rings. The summed E-state index contributed by atoms with van der Waals surface area (Å²) < 4.78 is 0. The summed E-state index contributed by atoms with van der Waals surface area (Å²) in [5.74, 6) is 0.674. The maximum atomic E-state index is 9.96. The standard InChI is InChI=1S/C13H16N4OS/c18-10-6-1-2-7-11(10)19-13-15-12(16-17-13)9-5-3-4-8-14-9/h3-5,8,10-11,18H,1-2,6-7H2,(H,15,16,17). The Kier molecular flexibility index (Phi) is 3.79. The lowest BCUT2D eigenvalue weighted by Crippen LogP contribution is -2.26. The highest BCUT2D eigenvalue weighted by atomic mass is 32.2. The molecule has 2 atom stereocenters. The van der Waals surface area contributed by atoms with Crippen LogP contribution < -0.4 is 0 Å². The SMILES string of the molecule is OC1CCCCC1Sc1n[nH]c(-c2ccccn2)n1. The highest BCUT2D eigenvalue weighted by Gasteiger charge is 2.25. The van der Waals surface area contributed by atoms with E-state index in [0.29, 0.717) is 11.0 Å². The average molecular weight is 276 g/mol. The quantitative estimate of drug-likeness (QED) is 0.899. The normalized spacial score (nSPS) is 23.4. The van der Waals surface area contributed by atoms with Gasteiger partial charge in [0, 0.05) is 11.4 Å². The van der Waals surface area contributed by atoms with Crippen molar-refractivity contribution in [3.8, 4) is 11.5 Å². The lowest BCUT2D eigenvalue weighted by atomic mass is 9.97. The van der Waals surface area contributed by atoms with E-state index in [-0.39, 0.29) is 11.4 Å². The zero-order chi connectivity index (χ0) is 13.1. The molecule has 2 N–H and O–H groups in total. The smallest absolute Gasteiger partial charge is 0.209 e. The Hall–Kier alpha value is -1.40. The van der Waals surface area contributed by atoms with E-state index >= 15 is 0 Å². The van der Waals surface area contributed by atoms with Crippen molar-refractivity contribution in [1.29, 1.82) is 0 Å². The number of hydrogen-bond acceptors (Lipinski definition) is 5. The molecule has 0 radical (unpaired) electrons. The summed E-state index contributed by atoms with van der Waals surface area (Å²) in [6.45, 7) is 0. The molecule has 2 aromatic rings. The van der Waals surface area contributed by atoms with Crippen molar-refractivity contribution in [2.45, 2.75) is 42.2 Å². The van der Waals surface area contributed by atoms with Gasteiger partial charge < -0.3 is 5.11 Å². The van der Waals surface area contributed by atoms with Crippen molar-refractivity contribution in [2.24, 2.45) is 0 Å². The largest absolute Gasteiger partial charge is 0.392 e. The molecule has 0 saturated heterocycles. The first-order chi connectivity index (χ1) is 9.33. The summed E-state index contributed by atoms with van der Waals surface area (Å²) in [5.41, 5.74) is 0.783. The van der Waals surface area contributed by atoms with Gasteiger partial charge in [0.1, 0.15) is 5.69 Å². The number of pyridine rings is 1. The molecule has 19 heavy (non-hydrogen) atoms. The maximum Gasteiger partial charge on any atom is 0.209 e. The molecule has 0 bridgehead atoms. The van der Waals surface area contributed by atoms with E-state index in [9.17, 15) is 5.11 Å². The van der Waals surface area contributed by atoms with Gasteiger partial charge in [-0.05, 0) is 25.0 Å². The van der Waals surface area contributed by atoms with Gasteiger partial charge in [0.15, 0.2) is 5.82 Å². The molecule has 2 unspecified atom stereocenters. The molecular formula is C13H16N4OS. The molecule has 2 aromatic heterocycles. The molecule has 2 heterocycles. The second kappa shape index (κ2) is 5.71. The minimum Gasteiger partial charge on any atom is -0.392 e. The van der Waals surface area contributed by atoms with Crippen LogP contribution in [0.15, 0.2) is 29.6 Å². The third-order valence-corrected chi connectivity index (χ3v) is 4.54. The summed E-state index contributed by atoms with van der Waals surface area (Å²) in [5, 5.41) is 17.9. The Morgan fingerprint density at radius 1 is 1.26 bits per heavy atom. The van der Waals surface area contributed by atoms with Crippen molar-refractivity contribution in [3.05, 3.63) is 24.4 Å². The molecule has 100 valence electrons. The molecule has 3 rings (SSSR count). The minimum absolute atomic E-state index is 0.209. The monoisotopic (exact) mass is 276 g/mol. The fraction of sp³-hybridized carbons (Fsp3) is 0.462. The number of aromatic amines is 1. The van der Waals surface area contributed by atoms with Crippen LogP contribution >= 0.6 is 11.8 Å². The van der Waals surface area contributed by atoms with Gasteiger partial charge >= 0.3 is 0 Å². The predicted octanol–water partition coefficient (Wildman–Crippen LogP) is 2.26. The second-order valence-electron chi connectivity index (χ2n) is 4.69. The van der Waals surface area contributed by atoms with Gasteiger partial charge in [-0.15, -0.1) is 5.10 Å². The van der Waals surface area contributed by atoms with Gasteiger partial charge in [0.05, 0.1) is 6.10 Å². The fourth-order valence-corrected chi connectivity index (χ4v) is 3.36. The number of nitrogens with zero attached hydrogens (tertiary/aromatic N) is 3. The third kappa shape index (κ3) is 2.96. The summed E-state index contributed by atoms with van der Waals surface area (Å²) in [6, 6.07) is 5.68. The van der Waals surface area contributed by atoms with Gasteiger partial charge in [0.25, 0.3) is 0 Å². The molecule has 1 saturated carbocycles. The van der Waals surface area contributed by atoms with Crippen LogP contribution in [-0.2, 0) is 0 Å². The Labute approximate surface area is 115 Å². The summed E-state index contributed by atoms with van der Waals surface area (Å²) in [7, 11) is 0. The van der Waals surface area contributed by atoms with Crippen molar-refractivity contribution in [2.75, 3.05) is 0 Å². The Morgan fingerprint density at radius 2 is 2.16 bits per heavy atom. The maximum absolute atomic E-state index is 9.96. The molecule has 0 aromatic carbocycles. The molecule has 1 aliphatic rings. The number of H-pyrrole nitrogens is 1. The van der Waals surface area contributed by atoms with E-state index in [2.05, 4.69) is 20.2 Å². The lowest BCUT2D eigenvalue weighted by Gasteiger charge is -2.25. The first-order valence-corrected chi connectivity index (χ1v) is 7.39. The highest BCUT2D eigenvalue weighted by molar-refractivity contribution is 7.99. The van der Waals surface area contributed by atoms with Crippen LogP contribution in [0.2, 0.25) is 0 Å². The molecule has 0 amide bonds. The van der Waals surface area contributed by atoms with Crippen LogP contribution in [0.1, 0.15) is 25.7 Å². The highest BCUT2D eigenvalue weighted by Crippen LogP contribution is 2.32. The van der Waals surface area contributed by atoms with E-state index in [0.717, 1.165) is 25.0 Å². The van der Waals surface area contributed by atoms with Crippen LogP contribution in [0.3, 0.4) is 0 Å². The number of aliphatic hydroxyl groups excluding tert-OH is 1. The summed E-state index contributed by atoms with van der Waals surface area (Å²) in [4.78, 5) is 8.66. The molecule has 1 aliphatic carbocycles. The second-order valence-corrected chi connectivity index (χ2v) is 5.90. The topological polar surface area (TPSA) is 74.7 Å². The zero-order valence-corrected chi connectivity index (χ0v) is 11.3. The number of aliphatic hydroxyl groups is 1. The van der Waals surface area contributed by atoms with E-state index in [1.165, 1.54) is 6.42 Å². The summed E-state index contributed by atoms with van der Waals surface area (Å²) >= 11 is 1.56. The van der Waals surface area contributed by atoms with Crippen molar-refractivity contribution in [3.63, 3.8) is 0 Å². The Balaban J connectivity index is 1.71. The van der Waals surface area contributed by atoms with E-state index in [4.69, 9.17) is 0 Å². The minimum atomic E-state index is -0.240. The molecule has 0 spiro atoms. The van der Waals surface area contributed by atoms with Gasteiger partial charge in [0.2, 0.25) is 5.16 Å². The third-order valence-electron chi connectivity index (χ3n) is 3.30. The van der Waals surface area contributed by atoms with Crippen molar-refractivity contribution in [1.82, 2.24) is 20.2 Å². The van der Waals surface area contributed by atoms with E-state index in [1.807, 2.05) is 18.2 Å². The first-order valence-electron chi connectivity index (χ1n) is 6.51. The van der Waals surface area contributed by atoms with Gasteiger partial charge in [-0.2, -0.15) is 4.98 Å². The number of nitrogens with one attached hydrogen (secondary N) is 1. The Morgan fingerprint density at radius 3 is 2.95 bits per heavy atom. The number of rotatable bonds is 3. The van der Waals surface area contributed by atoms with Gasteiger partial charge in [-0.25, -0.2) is 0 Å². The predicted molar refractivity (Wildman–Crippen MR) is 73.7 cm³/mol. The lowest BCUT2D eigenvalue weighted by molar-refractivity contribution is 0.137.